The molecule has 0 aromatic heterocycles. The second-order valence-electron chi connectivity index (χ2n) is 6.45. The summed E-state index contributed by atoms with van der Waals surface area (Å²) in [5, 5.41) is 2.90. The number of hydrogen-bond donors (Lipinski definition) is 1. The number of benzene rings is 3. The molecule has 0 unspecified atom stereocenters. The van der Waals surface area contributed by atoms with Gasteiger partial charge in [0.25, 0.3) is 5.91 Å². The maximum atomic E-state index is 12.5. The van der Waals surface area contributed by atoms with Crippen LogP contribution >= 0.6 is 0 Å². The van der Waals surface area contributed by atoms with Crippen molar-refractivity contribution in [3.05, 3.63) is 95.6 Å². The summed E-state index contributed by atoms with van der Waals surface area (Å²) in [5.74, 6) is -0.256. The van der Waals surface area contributed by atoms with Crippen molar-refractivity contribution in [2.45, 2.75) is 13.8 Å². The quantitative estimate of drug-likeness (QED) is 0.593. The number of carbonyl (C=O) groups excluding carboxylic acids is 2. The predicted octanol–water partition coefficient (Wildman–Crippen LogP) is 5.02. The molecule has 142 valence electrons. The summed E-state index contributed by atoms with van der Waals surface area (Å²) in [6, 6.07) is 23.6. The summed E-state index contributed by atoms with van der Waals surface area (Å²) in [5.41, 5.74) is 3.58. The molecule has 1 amide bonds. The van der Waals surface area contributed by atoms with Gasteiger partial charge in [0.2, 0.25) is 0 Å². The highest BCUT2D eigenvalue weighted by Gasteiger charge is 2.11. The van der Waals surface area contributed by atoms with E-state index in [2.05, 4.69) is 24.1 Å². The number of hydrogen-bond acceptors (Lipinski definition) is 3. The van der Waals surface area contributed by atoms with Gasteiger partial charge < -0.3 is 10.2 Å². The highest BCUT2D eigenvalue weighted by molar-refractivity contribution is 6.10. The van der Waals surface area contributed by atoms with Crippen LogP contribution in [-0.4, -0.2) is 24.8 Å². The van der Waals surface area contributed by atoms with Gasteiger partial charge in [-0.2, -0.15) is 0 Å². The Balaban J connectivity index is 1.67. The lowest BCUT2D eigenvalue weighted by atomic mass is 10.0. The van der Waals surface area contributed by atoms with Crippen molar-refractivity contribution >= 4 is 23.1 Å². The number of rotatable bonds is 7. The molecule has 3 rings (SSSR count). The van der Waals surface area contributed by atoms with Crippen LogP contribution in [0.1, 0.15) is 40.1 Å². The molecule has 28 heavy (non-hydrogen) atoms. The smallest absolute Gasteiger partial charge is 0.255 e. The summed E-state index contributed by atoms with van der Waals surface area (Å²) < 4.78 is 0. The third-order valence-electron chi connectivity index (χ3n) is 4.70. The van der Waals surface area contributed by atoms with Gasteiger partial charge in [-0.05, 0) is 50.2 Å². The molecule has 3 aromatic rings. The lowest BCUT2D eigenvalue weighted by Gasteiger charge is -2.21. The van der Waals surface area contributed by atoms with E-state index in [1.807, 2.05) is 42.5 Å². The van der Waals surface area contributed by atoms with Crippen LogP contribution in [0.5, 0.6) is 0 Å². The Labute approximate surface area is 165 Å². The van der Waals surface area contributed by atoms with E-state index in [0.29, 0.717) is 16.7 Å². The molecule has 3 aromatic carbocycles. The SMILES string of the molecule is CCN(CC)c1ccc(NC(=O)c2ccc(C(=O)c3ccccc3)cc2)cc1. The fraction of sp³-hybridized carbons (Fsp3) is 0.167. The molecule has 0 saturated heterocycles. The van der Waals surface area contributed by atoms with Gasteiger partial charge in [0, 0.05) is 41.2 Å². The molecule has 4 nitrogen and oxygen atoms in total. The van der Waals surface area contributed by atoms with Crippen molar-refractivity contribution in [3.63, 3.8) is 0 Å². The Morgan fingerprint density at radius 3 is 1.82 bits per heavy atom. The zero-order chi connectivity index (χ0) is 19.9. The van der Waals surface area contributed by atoms with Crippen molar-refractivity contribution < 1.29 is 9.59 Å². The first-order valence-electron chi connectivity index (χ1n) is 9.48. The lowest BCUT2D eigenvalue weighted by Crippen LogP contribution is -2.21. The second-order valence-corrected chi connectivity index (χ2v) is 6.45. The van der Waals surface area contributed by atoms with Gasteiger partial charge >= 0.3 is 0 Å². The van der Waals surface area contributed by atoms with Crippen molar-refractivity contribution in [2.75, 3.05) is 23.3 Å². The largest absolute Gasteiger partial charge is 0.372 e. The maximum Gasteiger partial charge on any atom is 0.255 e. The highest BCUT2D eigenvalue weighted by Crippen LogP contribution is 2.19. The second kappa shape index (κ2) is 9.00. The summed E-state index contributed by atoms with van der Waals surface area (Å²) in [7, 11) is 0. The molecular weight excluding hydrogens is 348 g/mol. The van der Waals surface area contributed by atoms with Gasteiger partial charge in [-0.3, -0.25) is 9.59 Å². The molecule has 0 aliphatic heterocycles. The van der Waals surface area contributed by atoms with E-state index < -0.39 is 0 Å². The van der Waals surface area contributed by atoms with Crippen LogP contribution in [0.3, 0.4) is 0 Å². The van der Waals surface area contributed by atoms with Crippen LogP contribution in [0.25, 0.3) is 0 Å². The van der Waals surface area contributed by atoms with Crippen LogP contribution in [0.2, 0.25) is 0 Å². The summed E-state index contributed by atoms with van der Waals surface area (Å²) in [6.45, 7) is 6.11. The van der Waals surface area contributed by atoms with Gasteiger partial charge in [0.15, 0.2) is 5.78 Å². The van der Waals surface area contributed by atoms with Crippen LogP contribution in [0.15, 0.2) is 78.9 Å². The monoisotopic (exact) mass is 372 g/mol. The summed E-state index contributed by atoms with van der Waals surface area (Å²) in [4.78, 5) is 27.2. The van der Waals surface area contributed by atoms with Crippen LogP contribution in [-0.2, 0) is 0 Å². The highest BCUT2D eigenvalue weighted by atomic mass is 16.1. The summed E-state index contributed by atoms with van der Waals surface area (Å²) >= 11 is 0. The van der Waals surface area contributed by atoms with Crippen molar-refractivity contribution in [2.24, 2.45) is 0 Å². The topological polar surface area (TPSA) is 49.4 Å². The van der Waals surface area contributed by atoms with E-state index in [4.69, 9.17) is 0 Å². The van der Waals surface area contributed by atoms with Gasteiger partial charge in [-0.25, -0.2) is 0 Å². The van der Waals surface area contributed by atoms with Crippen molar-refractivity contribution in [1.29, 1.82) is 0 Å². The summed E-state index contributed by atoms with van der Waals surface area (Å²) in [6.07, 6.45) is 0. The maximum absolute atomic E-state index is 12.5. The van der Waals surface area contributed by atoms with Crippen LogP contribution < -0.4 is 10.2 Å². The molecule has 0 atom stereocenters. The Bertz CT molecular complexity index is 929. The Morgan fingerprint density at radius 2 is 1.25 bits per heavy atom. The minimum absolute atomic E-state index is 0.0560. The first kappa shape index (κ1) is 19.4. The Hall–Kier alpha value is -3.40. The molecule has 0 spiro atoms. The number of amides is 1. The first-order chi connectivity index (χ1) is 13.6. The van der Waals surface area contributed by atoms with E-state index in [9.17, 15) is 9.59 Å². The Kier molecular flexibility index (Phi) is 6.22. The first-order valence-corrected chi connectivity index (χ1v) is 9.48. The van der Waals surface area contributed by atoms with E-state index in [1.165, 1.54) is 0 Å². The molecule has 4 heteroatoms. The minimum atomic E-state index is -0.200. The number of anilines is 2. The van der Waals surface area contributed by atoms with E-state index >= 15 is 0 Å². The van der Waals surface area contributed by atoms with Gasteiger partial charge in [-0.1, -0.05) is 42.5 Å². The standard InChI is InChI=1S/C24H24N2O2/c1-3-26(4-2)22-16-14-21(15-17-22)25-24(28)20-12-10-19(11-13-20)23(27)18-8-6-5-7-9-18/h5-17H,3-4H2,1-2H3,(H,25,28). The third-order valence-corrected chi connectivity index (χ3v) is 4.70. The van der Waals surface area contributed by atoms with E-state index in [1.54, 1.807) is 36.4 Å². The molecule has 1 N–H and O–H groups in total. The van der Waals surface area contributed by atoms with Crippen molar-refractivity contribution in [1.82, 2.24) is 0 Å². The lowest BCUT2D eigenvalue weighted by molar-refractivity contribution is 0.102. The average molecular weight is 372 g/mol. The van der Waals surface area contributed by atoms with Crippen LogP contribution in [0.4, 0.5) is 11.4 Å². The van der Waals surface area contributed by atoms with E-state index in [0.717, 1.165) is 24.5 Å². The fourth-order valence-electron chi connectivity index (χ4n) is 3.08. The average Bonchev–Trinajstić information content (AvgIpc) is 2.76. The number of ketones is 1. The van der Waals surface area contributed by atoms with Gasteiger partial charge in [0.05, 0.1) is 0 Å². The molecule has 0 fully saturated rings. The van der Waals surface area contributed by atoms with Gasteiger partial charge in [-0.15, -0.1) is 0 Å². The third kappa shape index (κ3) is 4.46. The zero-order valence-corrected chi connectivity index (χ0v) is 16.2. The number of carbonyl (C=O) groups is 2. The predicted molar refractivity (Wildman–Crippen MR) is 114 cm³/mol. The molecule has 0 heterocycles. The fourth-order valence-corrected chi connectivity index (χ4v) is 3.08. The molecule has 0 saturated carbocycles. The molecule has 0 aliphatic rings. The zero-order valence-electron chi connectivity index (χ0n) is 16.2. The normalized spacial score (nSPS) is 10.4. The number of nitrogens with zero attached hydrogens (tertiary/aromatic N) is 1. The minimum Gasteiger partial charge on any atom is -0.372 e. The van der Waals surface area contributed by atoms with Crippen LogP contribution in [0, 0.1) is 0 Å². The molecule has 0 aliphatic carbocycles. The van der Waals surface area contributed by atoms with E-state index in [-0.39, 0.29) is 11.7 Å². The Morgan fingerprint density at radius 1 is 0.714 bits per heavy atom. The molecule has 0 bridgehead atoms. The molecular formula is C24H24N2O2. The van der Waals surface area contributed by atoms with Crippen molar-refractivity contribution in [3.8, 4) is 0 Å². The van der Waals surface area contributed by atoms with Gasteiger partial charge in [0.1, 0.15) is 0 Å². The molecule has 0 radical (unpaired) electrons. The number of nitrogens with one attached hydrogen (secondary N) is 1.